The predicted octanol–water partition coefficient (Wildman–Crippen LogP) is 3.59. The zero-order valence-corrected chi connectivity index (χ0v) is 16.1. The van der Waals surface area contributed by atoms with Gasteiger partial charge in [0.15, 0.2) is 11.5 Å². The van der Waals surface area contributed by atoms with Gasteiger partial charge < -0.3 is 14.4 Å². The van der Waals surface area contributed by atoms with Crippen LogP contribution < -0.4 is 14.4 Å². The van der Waals surface area contributed by atoms with Gasteiger partial charge in [0.2, 0.25) is 0 Å². The van der Waals surface area contributed by atoms with Crippen molar-refractivity contribution < 1.29 is 9.47 Å². The third-order valence-electron chi connectivity index (χ3n) is 4.51. The van der Waals surface area contributed by atoms with Crippen molar-refractivity contribution in [2.24, 2.45) is 0 Å². The molecule has 2 aromatic rings. The lowest BCUT2D eigenvalue weighted by atomic mass is 10.1. The van der Waals surface area contributed by atoms with Gasteiger partial charge in [-0.1, -0.05) is 27.5 Å². The number of benzene rings is 1. The largest absolute Gasteiger partial charge is 0.486 e. The molecule has 2 aliphatic rings. The highest BCUT2D eigenvalue weighted by atomic mass is 79.9. The summed E-state index contributed by atoms with van der Waals surface area (Å²) in [6, 6.07) is 7.97. The lowest BCUT2D eigenvalue weighted by Crippen LogP contribution is -2.46. The van der Waals surface area contributed by atoms with Gasteiger partial charge in [0, 0.05) is 43.4 Å². The highest BCUT2D eigenvalue weighted by Gasteiger charge is 2.21. The van der Waals surface area contributed by atoms with E-state index in [1.807, 2.05) is 18.2 Å². The van der Waals surface area contributed by atoms with Gasteiger partial charge in [-0.25, -0.2) is 4.98 Å². The fourth-order valence-electron chi connectivity index (χ4n) is 3.16. The molecule has 25 heavy (non-hydrogen) atoms. The third kappa shape index (κ3) is 3.86. The second-order valence-corrected chi connectivity index (χ2v) is 7.48. The summed E-state index contributed by atoms with van der Waals surface area (Å²) in [7, 11) is 0. The first-order valence-corrected chi connectivity index (χ1v) is 9.53. The van der Waals surface area contributed by atoms with Crippen molar-refractivity contribution in [2.45, 2.75) is 6.54 Å². The highest BCUT2D eigenvalue weighted by Crippen LogP contribution is 2.36. The van der Waals surface area contributed by atoms with Crippen LogP contribution in [0.2, 0.25) is 5.02 Å². The monoisotopic (exact) mass is 423 g/mol. The molecule has 2 aliphatic heterocycles. The molecule has 0 bridgehead atoms. The Morgan fingerprint density at radius 3 is 2.44 bits per heavy atom. The SMILES string of the molecule is Clc1ccc(N2CCN(Cc3cc4c(cc3Br)OCCO4)CC2)nc1. The lowest BCUT2D eigenvalue weighted by molar-refractivity contribution is 0.170. The molecule has 0 unspecified atom stereocenters. The van der Waals surface area contributed by atoms with E-state index in [1.165, 1.54) is 5.56 Å². The molecule has 4 rings (SSSR count). The molecule has 0 aliphatic carbocycles. The highest BCUT2D eigenvalue weighted by molar-refractivity contribution is 9.10. The van der Waals surface area contributed by atoms with Crippen molar-refractivity contribution >= 4 is 33.3 Å². The van der Waals surface area contributed by atoms with E-state index in [1.54, 1.807) is 6.20 Å². The maximum atomic E-state index is 5.92. The molecule has 132 valence electrons. The van der Waals surface area contributed by atoms with Crippen LogP contribution in [0.15, 0.2) is 34.9 Å². The van der Waals surface area contributed by atoms with E-state index in [4.69, 9.17) is 21.1 Å². The van der Waals surface area contributed by atoms with Crippen LogP contribution in [0.25, 0.3) is 0 Å². The molecular weight excluding hydrogens is 406 g/mol. The van der Waals surface area contributed by atoms with Gasteiger partial charge in [0.25, 0.3) is 0 Å². The van der Waals surface area contributed by atoms with Crippen molar-refractivity contribution in [2.75, 3.05) is 44.3 Å². The molecule has 5 nitrogen and oxygen atoms in total. The Labute approximate surface area is 160 Å². The molecule has 1 fully saturated rings. The van der Waals surface area contributed by atoms with Crippen molar-refractivity contribution in [1.82, 2.24) is 9.88 Å². The van der Waals surface area contributed by atoms with Crippen molar-refractivity contribution in [3.05, 3.63) is 45.5 Å². The summed E-state index contributed by atoms with van der Waals surface area (Å²) >= 11 is 9.58. The first kappa shape index (κ1) is 16.9. The molecule has 1 aromatic carbocycles. The number of ether oxygens (including phenoxy) is 2. The number of nitrogens with zero attached hydrogens (tertiary/aromatic N) is 3. The summed E-state index contributed by atoms with van der Waals surface area (Å²) in [6.45, 7) is 6.00. The Hall–Kier alpha value is -1.50. The van der Waals surface area contributed by atoms with Gasteiger partial charge in [0.05, 0.1) is 5.02 Å². The molecular formula is C18H19BrClN3O2. The Morgan fingerprint density at radius 1 is 1.04 bits per heavy atom. The lowest BCUT2D eigenvalue weighted by Gasteiger charge is -2.35. The third-order valence-corrected chi connectivity index (χ3v) is 5.48. The molecule has 0 radical (unpaired) electrons. The molecule has 1 saturated heterocycles. The quantitative estimate of drug-likeness (QED) is 0.753. The van der Waals surface area contributed by atoms with Crippen LogP contribution in [-0.2, 0) is 6.54 Å². The van der Waals surface area contributed by atoms with E-state index >= 15 is 0 Å². The Morgan fingerprint density at radius 2 is 1.76 bits per heavy atom. The van der Waals surface area contributed by atoms with Gasteiger partial charge in [-0.3, -0.25) is 4.90 Å². The first-order valence-electron chi connectivity index (χ1n) is 8.36. The molecule has 7 heteroatoms. The second-order valence-electron chi connectivity index (χ2n) is 6.19. The number of anilines is 1. The predicted molar refractivity (Wildman–Crippen MR) is 102 cm³/mol. The van der Waals surface area contributed by atoms with Crippen molar-refractivity contribution in [1.29, 1.82) is 0 Å². The van der Waals surface area contributed by atoms with Crippen molar-refractivity contribution in [3.63, 3.8) is 0 Å². The number of rotatable bonds is 3. The minimum atomic E-state index is 0.611. The number of piperazine rings is 1. The normalized spacial score (nSPS) is 17.6. The maximum absolute atomic E-state index is 5.92. The van der Waals surface area contributed by atoms with E-state index in [9.17, 15) is 0 Å². The van der Waals surface area contributed by atoms with E-state index in [0.717, 1.165) is 54.5 Å². The minimum absolute atomic E-state index is 0.611. The smallest absolute Gasteiger partial charge is 0.162 e. The topological polar surface area (TPSA) is 37.8 Å². The summed E-state index contributed by atoms with van der Waals surface area (Å²) < 4.78 is 12.4. The van der Waals surface area contributed by atoms with Crippen LogP contribution in [0, 0.1) is 0 Å². The Bertz CT molecular complexity index is 749. The van der Waals surface area contributed by atoms with E-state index in [0.29, 0.717) is 18.2 Å². The second kappa shape index (κ2) is 7.40. The van der Waals surface area contributed by atoms with Gasteiger partial charge in [-0.15, -0.1) is 0 Å². The standard InChI is InChI=1S/C18H19BrClN3O2/c19-15-10-17-16(24-7-8-25-17)9-13(15)12-22-3-5-23(6-4-22)18-2-1-14(20)11-21-18/h1-2,9-11H,3-8,12H2. The number of halogens is 2. The zero-order chi connectivity index (χ0) is 17.2. The maximum Gasteiger partial charge on any atom is 0.162 e. The number of aromatic nitrogens is 1. The summed E-state index contributed by atoms with van der Waals surface area (Å²) in [5.74, 6) is 2.65. The van der Waals surface area contributed by atoms with Gasteiger partial charge in [-0.2, -0.15) is 0 Å². The number of fused-ring (bicyclic) bond motifs is 1. The zero-order valence-electron chi connectivity index (χ0n) is 13.8. The molecule has 0 atom stereocenters. The van der Waals surface area contributed by atoms with E-state index < -0.39 is 0 Å². The average molecular weight is 425 g/mol. The van der Waals surface area contributed by atoms with Crippen LogP contribution in [0.3, 0.4) is 0 Å². The van der Waals surface area contributed by atoms with Crippen LogP contribution in [0.5, 0.6) is 11.5 Å². The molecule has 0 saturated carbocycles. The first-order chi connectivity index (χ1) is 12.2. The van der Waals surface area contributed by atoms with E-state index in [2.05, 4.69) is 36.8 Å². The van der Waals surface area contributed by atoms with Gasteiger partial charge >= 0.3 is 0 Å². The number of hydrogen-bond donors (Lipinski definition) is 0. The summed E-state index contributed by atoms with van der Waals surface area (Å²) in [4.78, 5) is 9.16. The average Bonchev–Trinajstić information content (AvgIpc) is 2.64. The van der Waals surface area contributed by atoms with E-state index in [-0.39, 0.29) is 0 Å². The number of hydrogen-bond acceptors (Lipinski definition) is 5. The Kier molecular flexibility index (Phi) is 5.01. The van der Waals surface area contributed by atoms with Crippen LogP contribution in [0.1, 0.15) is 5.56 Å². The summed E-state index contributed by atoms with van der Waals surface area (Å²) in [5.41, 5.74) is 1.22. The molecule has 1 aromatic heterocycles. The van der Waals surface area contributed by atoms with Crippen molar-refractivity contribution in [3.8, 4) is 11.5 Å². The molecule has 3 heterocycles. The molecule has 0 spiro atoms. The van der Waals surface area contributed by atoms with Gasteiger partial charge in [0.1, 0.15) is 19.0 Å². The fourth-order valence-corrected chi connectivity index (χ4v) is 3.72. The Balaban J connectivity index is 1.39. The summed E-state index contributed by atoms with van der Waals surface area (Å²) in [5, 5.41) is 0.672. The summed E-state index contributed by atoms with van der Waals surface area (Å²) in [6.07, 6.45) is 1.70. The van der Waals surface area contributed by atoms with Crippen LogP contribution in [0.4, 0.5) is 5.82 Å². The van der Waals surface area contributed by atoms with Crippen LogP contribution in [-0.4, -0.2) is 49.3 Å². The minimum Gasteiger partial charge on any atom is -0.486 e. The fraction of sp³-hybridized carbons (Fsp3) is 0.389. The number of pyridine rings is 1. The molecule has 0 amide bonds. The van der Waals surface area contributed by atoms with Gasteiger partial charge in [-0.05, 0) is 29.8 Å². The van der Waals surface area contributed by atoms with Crippen LogP contribution >= 0.6 is 27.5 Å². The molecule has 0 N–H and O–H groups in total.